The highest BCUT2D eigenvalue weighted by Gasteiger charge is 2.14. The Morgan fingerprint density at radius 2 is 1.59 bits per heavy atom. The van der Waals surface area contributed by atoms with Gasteiger partial charge in [-0.15, -0.1) is 0 Å². The SMILES string of the molecule is CC(Nc1nc2c(=O)ccn(Cc3ccccc3-c3ccccc3)c2s1)c1ccccc1. The molecule has 5 rings (SSSR count). The summed E-state index contributed by atoms with van der Waals surface area (Å²) in [6, 6.07) is 30.7. The van der Waals surface area contributed by atoms with E-state index in [2.05, 4.69) is 82.5 Å². The van der Waals surface area contributed by atoms with E-state index in [0.717, 1.165) is 9.96 Å². The lowest BCUT2D eigenvalue weighted by Crippen LogP contribution is -2.08. The van der Waals surface area contributed by atoms with Gasteiger partial charge in [-0.25, -0.2) is 4.98 Å². The van der Waals surface area contributed by atoms with Gasteiger partial charge in [0.25, 0.3) is 0 Å². The van der Waals surface area contributed by atoms with Gasteiger partial charge in [-0.1, -0.05) is 96.3 Å². The summed E-state index contributed by atoms with van der Waals surface area (Å²) >= 11 is 1.52. The van der Waals surface area contributed by atoms with E-state index in [0.29, 0.717) is 12.1 Å². The van der Waals surface area contributed by atoms with Crippen molar-refractivity contribution >= 4 is 26.8 Å². The fourth-order valence-corrected chi connectivity index (χ4v) is 4.95. The van der Waals surface area contributed by atoms with E-state index in [-0.39, 0.29) is 11.5 Å². The van der Waals surface area contributed by atoms with Crippen molar-refractivity contribution in [2.45, 2.75) is 19.5 Å². The molecule has 0 saturated heterocycles. The van der Waals surface area contributed by atoms with Crippen molar-refractivity contribution in [3.05, 3.63) is 119 Å². The average molecular weight is 438 g/mol. The van der Waals surface area contributed by atoms with Crippen molar-refractivity contribution in [1.29, 1.82) is 0 Å². The molecule has 0 fully saturated rings. The van der Waals surface area contributed by atoms with Crippen LogP contribution in [0.25, 0.3) is 21.5 Å². The number of benzene rings is 3. The van der Waals surface area contributed by atoms with Gasteiger partial charge < -0.3 is 9.88 Å². The first kappa shape index (κ1) is 20.2. The van der Waals surface area contributed by atoms with Crippen LogP contribution in [-0.2, 0) is 6.54 Å². The van der Waals surface area contributed by atoms with Crippen molar-refractivity contribution in [2.75, 3.05) is 5.32 Å². The van der Waals surface area contributed by atoms with Gasteiger partial charge in [0.1, 0.15) is 10.3 Å². The van der Waals surface area contributed by atoms with Crippen molar-refractivity contribution in [3.8, 4) is 11.1 Å². The molecule has 3 aromatic carbocycles. The van der Waals surface area contributed by atoms with Gasteiger partial charge in [-0.2, -0.15) is 0 Å². The van der Waals surface area contributed by atoms with Crippen LogP contribution in [0.1, 0.15) is 24.1 Å². The molecule has 158 valence electrons. The van der Waals surface area contributed by atoms with Crippen molar-refractivity contribution < 1.29 is 0 Å². The van der Waals surface area contributed by atoms with Crippen LogP contribution in [0.4, 0.5) is 5.13 Å². The van der Waals surface area contributed by atoms with Crippen LogP contribution in [-0.4, -0.2) is 9.55 Å². The molecule has 1 N–H and O–H groups in total. The Morgan fingerprint density at radius 3 is 2.38 bits per heavy atom. The van der Waals surface area contributed by atoms with Gasteiger partial charge in [-0.3, -0.25) is 4.79 Å². The van der Waals surface area contributed by atoms with Crippen LogP contribution in [0.3, 0.4) is 0 Å². The van der Waals surface area contributed by atoms with Crippen LogP contribution in [0.5, 0.6) is 0 Å². The third-order valence-corrected chi connectivity index (χ3v) is 6.62. The molecule has 0 radical (unpaired) electrons. The molecule has 2 aromatic heterocycles. The molecule has 0 aliphatic carbocycles. The first-order valence-corrected chi connectivity index (χ1v) is 11.5. The molecule has 5 heteroatoms. The van der Waals surface area contributed by atoms with E-state index in [1.54, 1.807) is 6.07 Å². The molecular formula is C27H23N3OS. The summed E-state index contributed by atoms with van der Waals surface area (Å²) in [6.45, 7) is 2.77. The number of anilines is 1. The van der Waals surface area contributed by atoms with E-state index >= 15 is 0 Å². The Hall–Kier alpha value is -3.70. The monoisotopic (exact) mass is 437 g/mol. The van der Waals surface area contributed by atoms with Crippen LogP contribution in [0, 0.1) is 0 Å². The summed E-state index contributed by atoms with van der Waals surface area (Å²) in [5, 5.41) is 4.21. The van der Waals surface area contributed by atoms with Crippen LogP contribution < -0.4 is 10.7 Å². The number of rotatable bonds is 6. The van der Waals surface area contributed by atoms with E-state index in [9.17, 15) is 4.79 Å². The Balaban J connectivity index is 1.50. The molecule has 0 saturated carbocycles. The Kier molecular flexibility index (Phi) is 5.57. The first-order chi connectivity index (χ1) is 15.7. The highest BCUT2D eigenvalue weighted by Crippen LogP contribution is 2.29. The zero-order valence-corrected chi connectivity index (χ0v) is 18.5. The number of nitrogens with one attached hydrogen (secondary N) is 1. The fourth-order valence-electron chi connectivity index (χ4n) is 3.91. The molecular weight excluding hydrogens is 414 g/mol. The normalized spacial score (nSPS) is 12.0. The first-order valence-electron chi connectivity index (χ1n) is 10.6. The number of fused-ring (bicyclic) bond motifs is 1. The predicted molar refractivity (Wildman–Crippen MR) is 133 cm³/mol. The smallest absolute Gasteiger partial charge is 0.208 e. The minimum absolute atomic E-state index is 0.0516. The van der Waals surface area contributed by atoms with Crippen molar-refractivity contribution in [1.82, 2.24) is 9.55 Å². The van der Waals surface area contributed by atoms with Gasteiger partial charge >= 0.3 is 0 Å². The van der Waals surface area contributed by atoms with E-state index in [1.807, 2.05) is 30.5 Å². The molecule has 1 atom stereocenters. The van der Waals surface area contributed by atoms with Gasteiger partial charge in [0.2, 0.25) is 5.43 Å². The van der Waals surface area contributed by atoms with Crippen LogP contribution in [0.15, 0.2) is 102 Å². The molecule has 0 aliphatic rings. The van der Waals surface area contributed by atoms with Crippen molar-refractivity contribution in [3.63, 3.8) is 0 Å². The summed E-state index contributed by atoms with van der Waals surface area (Å²) in [5.41, 5.74) is 5.22. The summed E-state index contributed by atoms with van der Waals surface area (Å²) in [6.07, 6.45) is 1.87. The molecule has 2 heterocycles. The molecule has 0 aliphatic heterocycles. The number of pyridine rings is 1. The summed E-state index contributed by atoms with van der Waals surface area (Å²) < 4.78 is 2.12. The zero-order chi connectivity index (χ0) is 21.9. The number of aromatic nitrogens is 2. The highest BCUT2D eigenvalue weighted by molar-refractivity contribution is 7.21. The molecule has 5 aromatic rings. The maximum atomic E-state index is 12.5. The summed E-state index contributed by atoms with van der Waals surface area (Å²) in [4.78, 5) is 18.1. The lowest BCUT2D eigenvalue weighted by molar-refractivity contribution is 0.833. The second-order valence-corrected chi connectivity index (χ2v) is 8.76. The Morgan fingerprint density at radius 1 is 0.906 bits per heavy atom. The van der Waals surface area contributed by atoms with E-state index in [4.69, 9.17) is 0 Å². The number of thiazole rings is 1. The van der Waals surface area contributed by atoms with Gasteiger partial charge in [0.05, 0.1) is 6.04 Å². The van der Waals surface area contributed by atoms with E-state index in [1.165, 1.54) is 33.6 Å². The number of hydrogen-bond donors (Lipinski definition) is 1. The second-order valence-electron chi connectivity index (χ2n) is 7.78. The Labute approximate surface area is 190 Å². The molecule has 4 nitrogen and oxygen atoms in total. The van der Waals surface area contributed by atoms with Crippen molar-refractivity contribution in [2.24, 2.45) is 0 Å². The molecule has 0 spiro atoms. The van der Waals surface area contributed by atoms with Crippen LogP contribution >= 0.6 is 11.3 Å². The Bertz CT molecular complexity index is 1410. The summed E-state index contributed by atoms with van der Waals surface area (Å²) in [5.74, 6) is 0. The second kappa shape index (κ2) is 8.81. The molecule has 1 unspecified atom stereocenters. The third kappa shape index (κ3) is 4.07. The van der Waals surface area contributed by atoms with Crippen LogP contribution in [0.2, 0.25) is 0 Å². The maximum Gasteiger partial charge on any atom is 0.208 e. The minimum Gasteiger partial charge on any atom is -0.355 e. The van der Waals surface area contributed by atoms with Gasteiger partial charge in [-0.05, 0) is 29.2 Å². The average Bonchev–Trinajstić information content (AvgIpc) is 3.27. The van der Waals surface area contributed by atoms with Gasteiger partial charge in [0.15, 0.2) is 5.13 Å². The standard InChI is InChI=1S/C27H23N3OS/c1-19(20-10-4-2-5-11-20)28-27-29-25-24(31)16-17-30(26(25)32-27)18-22-14-8-9-15-23(22)21-12-6-3-7-13-21/h2-17,19H,18H2,1H3,(H,28,29). The largest absolute Gasteiger partial charge is 0.355 e. The molecule has 0 bridgehead atoms. The van der Waals surface area contributed by atoms with E-state index < -0.39 is 0 Å². The quantitative estimate of drug-likeness (QED) is 0.337. The minimum atomic E-state index is -0.0516. The molecule has 0 amide bonds. The number of nitrogens with zero attached hydrogens (tertiary/aromatic N) is 2. The maximum absolute atomic E-state index is 12.5. The third-order valence-electron chi connectivity index (χ3n) is 5.59. The highest BCUT2D eigenvalue weighted by atomic mass is 32.1. The predicted octanol–water partition coefficient (Wildman–Crippen LogP) is 6.35. The molecule has 32 heavy (non-hydrogen) atoms. The lowest BCUT2D eigenvalue weighted by atomic mass is 10.00. The fraction of sp³-hybridized carbons (Fsp3) is 0.111. The van der Waals surface area contributed by atoms with Gasteiger partial charge in [0, 0.05) is 18.8 Å². The summed E-state index contributed by atoms with van der Waals surface area (Å²) in [7, 11) is 0. The zero-order valence-electron chi connectivity index (χ0n) is 17.7. The number of hydrogen-bond acceptors (Lipinski definition) is 4. The lowest BCUT2D eigenvalue weighted by Gasteiger charge is -2.13. The topological polar surface area (TPSA) is 46.9 Å².